The summed E-state index contributed by atoms with van der Waals surface area (Å²) in [5.41, 5.74) is 2.83. The topological polar surface area (TPSA) is 12.0 Å². The van der Waals surface area contributed by atoms with E-state index >= 15 is 0 Å². The van der Waals surface area contributed by atoms with Crippen molar-refractivity contribution in [3.05, 3.63) is 28.2 Å². The molecule has 0 spiro atoms. The Labute approximate surface area is 100 Å². The molecule has 1 aliphatic heterocycles. The molecule has 1 aliphatic rings. The molecule has 2 heteroatoms. The van der Waals surface area contributed by atoms with Crippen molar-refractivity contribution in [3.63, 3.8) is 0 Å². The van der Waals surface area contributed by atoms with Crippen molar-refractivity contribution < 1.29 is 0 Å². The lowest BCUT2D eigenvalue weighted by Gasteiger charge is -2.09. The van der Waals surface area contributed by atoms with Gasteiger partial charge < -0.3 is 5.32 Å². The zero-order chi connectivity index (χ0) is 10.7. The van der Waals surface area contributed by atoms with Crippen LogP contribution in [0.4, 0.5) is 5.69 Å². The van der Waals surface area contributed by atoms with E-state index in [1.807, 2.05) is 0 Å². The third-order valence-electron chi connectivity index (χ3n) is 3.15. The van der Waals surface area contributed by atoms with Crippen molar-refractivity contribution in [2.45, 2.75) is 38.5 Å². The van der Waals surface area contributed by atoms with Crippen molar-refractivity contribution in [3.8, 4) is 0 Å². The molecular formula is C13H18BrN. The Morgan fingerprint density at radius 3 is 3.07 bits per heavy atom. The van der Waals surface area contributed by atoms with Gasteiger partial charge in [0.25, 0.3) is 0 Å². The standard InChI is InChI=1S/C13H18BrN/c1-2-3-4-5-10-9-15-13-7-6-11(14)8-12(10)13/h6-8,10,15H,2-5,9H2,1H3. The number of anilines is 1. The van der Waals surface area contributed by atoms with Crippen LogP contribution in [0.3, 0.4) is 0 Å². The van der Waals surface area contributed by atoms with Crippen LogP contribution in [0.25, 0.3) is 0 Å². The zero-order valence-electron chi connectivity index (χ0n) is 9.22. The lowest BCUT2D eigenvalue weighted by atomic mass is 9.95. The van der Waals surface area contributed by atoms with E-state index in [9.17, 15) is 0 Å². The van der Waals surface area contributed by atoms with Crippen LogP contribution in [0.15, 0.2) is 22.7 Å². The molecule has 0 saturated carbocycles. The molecule has 1 nitrogen and oxygen atoms in total. The van der Waals surface area contributed by atoms with Gasteiger partial charge >= 0.3 is 0 Å². The predicted octanol–water partition coefficient (Wildman–Crippen LogP) is 4.54. The summed E-state index contributed by atoms with van der Waals surface area (Å²) in [7, 11) is 0. The van der Waals surface area contributed by atoms with E-state index < -0.39 is 0 Å². The second-order valence-corrected chi connectivity index (χ2v) is 5.22. The number of rotatable bonds is 4. The summed E-state index contributed by atoms with van der Waals surface area (Å²) in [5, 5.41) is 3.48. The second kappa shape index (κ2) is 5.02. The van der Waals surface area contributed by atoms with E-state index in [4.69, 9.17) is 0 Å². The smallest absolute Gasteiger partial charge is 0.0377 e. The van der Waals surface area contributed by atoms with E-state index in [2.05, 4.69) is 46.4 Å². The molecule has 1 heterocycles. The van der Waals surface area contributed by atoms with Gasteiger partial charge in [-0.05, 0) is 30.2 Å². The van der Waals surface area contributed by atoms with Crippen LogP contribution in [-0.4, -0.2) is 6.54 Å². The summed E-state index contributed by atoms with van der Waals surface area (Å²) < 4.78 is 1.20. The van der Waals surface area contributed by atoms with Crippen LogP contribution < -0.4 is 5.32 Å². The Balaban J connectivity index is 2.03. The lowest BCUT2D eigenvalue weighted by molar-refractivity contribution is 0.596. The minimum atomic E-state index is 0.726. The fraction of sp³-hybridized carbons (Fsp3) is 0.538. The molecule has 1 aromatic carbocycles. The summed E-state index contributed by atoms with van der Waals surface area (Å²) in [6.07, 6.45) is 5.35. The van der Waals surface area contributed by atoms with Gasteiger partial charge in [-0.25, -0.2) is 0 Å². The molecule has 1 aromatic rings. The number of halogens is 1. The number of hydrogen-bond donors (Lipinski definition) is 1. The number of fused-ring (bicyclic) bond motifs is 1. The SMILES string of the molecule is CCCCCC1CNc2ccc(Br)cc21. The average molecular weight is 268 g/mol. The van der Waals surface area contributed by atoms with E-state index in [0.29, 0.717) is 0 Å². The minimum Gasteiger partial charge on any atom is -0.384 e. The van der Waals surface area contributed by atoms with Crippen molar-refractivity contribution in [2.75, 3.05) is 11.9 Å². The minimum absolute atomic E-state index is 0.726. The number of benzene rings is 1. The highest BCUT2D eigenvalue weighted by Crippen LogP contribution is 2.36. The maximum Gasteiger partial charge on any atom is 0.0377 e. The maximum absolute atomic E-state index is 3.55. The summed E-state index contributed by atoms with van der Waals surface area (Å²) >= 11 is 3.55. The molecule has 0 fully saturated rings. The molecule has 15 heavy (non-hydrogen) atoms. The Bertz CT molecular complexity index is 335. The molecule has 82 valence electrons. The van der Waals surface area contributed by atoms with Crippen LogP contribution >= 0.6 is 15.9 Å². The first-order valence-corrected chi connectivity index (χ1v) is 6.64. The zero-order valence-corrected chi connectivity index (χ0v) is 10.8. The highest BCUT2D eigenvalue weighted by atomic mass is 79.9. The van der Waals surface area contributed by atoms with Crippen molar-refractivity contribution in [2.24, 2.45) is 0 Å². The molecule has 2 rings (SSSR count). The molecular weight excluding hydrogens is 250 g/mol. The third-order valence-corrected chi connectivity index (χ3v) is 3.64. The highest BCUT2D eigenvalue weighted by Gasteiger charge is 2.21. The number of unbranched alkanes of at least 4 members (excludes halogenated alkanes) is 2. The number of hydrogen-bond acceptors (Lipinski definition) is 1. The highest BCUT2D eigenvalue weighted by molar-refractivity contribution is 9.10. The molecule has 1 unspecified atom stereocenters. The van der Waals surface area contributed by atoms with Crippen LogP contribution in [0.5, 0.6) is 0 Å². The van der Waals surface area contributed by atoms with Gasteiger partial charge in [0.2, 0.25) is 0 Å². The molecule has 0 bridgehead atoms. The fourth-order valence-corrected chi connectivity index (χ4v) is 2.65. The largest absolute Gasteiger partial charge is 0.384 e. The third kappa shape index (κ3) is 2.54. The van der Waals surface area contributed by atoms with Crippen LogP contribution in [0.1, 0.15) is 44.1 Å². The van der Waals surface area contributed by atoms with Crippen LogP contribution in [-0.2, 0) is 0 Å². The van der Waals surface area contributed by atoms with Gasteiger partial charge in [-0.15, -0.1) is 0 Å². The maximum atomic E-state index is 3.55. The fourth-order valence-electron chi connectivity index (χ4n) is 2.27. The first-order chi connectivity index (χ1) is 7.31. The van der Waals surface area contributed by atoms with E-state index in [1.165, 1.54) is 41.4 Å². The van der Waals surface area contributed by atoms with E-state index in [-0.39, 0.29) is 0 Å². The molecule has 0 radical (unpaired) electrons. The molecule has 0 aliphatic carbocycles. The Morgan fingerprint density at radius 1 is 1.40 bits per heavy atom. The second-order valence-electron chi connectivity index (χ2n) is 4.31. The summed E-state index contributed by atoms with van der Waals surface area (Å²) in [4.78, 5) is 0. The van der Waals surface area contributed by atoms with Gasteiger partial charge in [-0.1, -0.05) is 42.1 Å². The Hall–Kier alpha value is -0.500. The summed E-state index contributed by atoms with van der Waals surface area (Å²) in [5.74, 6) is 0.726. The normalized spacial score (nSPS) is 18.7. The van der Waals surface area contributed by atoms with Crippen molar-refractivity contribution in [1.29, 1.82) is 0 Å². The quantitative estimate of drug-likeness (QED) is 0.790. The first-order valence-electron chi connectivity index (χ1n) is 5.84. The van der Waals surface area contributed by atoms with Gasteiger partial charge in [0, 0.05) is 22.6 Å². The Kier molecular flexibility index (Phi) is 3.68. The van der Waals surface area contributed by atoms with E-state index in [1.54, 1.807) is 0 Å². The van der Waals surface area contributed by atoms with Crippen molar-refractivity contribution in [1.82, 2.24) is 0 Å². The molecule has 0 amide bonds. The lowest BCUT2D eigenvalue weighted by Crippen LogP contribution is -2.01. The van der Waals surface area contributed by atoms with Gasteiger partial charge in [-0.3, -0.25) is 0 Å². The van der Waals surface area contributed by atoms with Gasteiger partial charge in [0.1, 0.15) is 0 Å². The van der Waals surface area contributed by atoms with Gasteiger partial charge in [0.15, 0.2) is 0 Å². The summed E-state index contributed by atoms with van der Waals surface area (Å²) in [6.45, 7) is 3.38. The predicted molar refractivity (Wildman–Crippen MR) is 69.5 cm³/mol. The average Bonchev–Trinajstić information content (AvgIpc) is 2.62. The monoisotopic (exact) mass is 267 g/mol. The van der Waals surface area contributed by atoms with Gasteiger partial charge in [0.05, 0.1) is 0 Å². The van der Waals surface area contributed by atoms with E-state index in [0.717, 1.165) is 12.5 Å². The van der Waals surface area contributed by atoms with Gasteiger partial charge in [-0.2, -0.15) is 0 Å². The molecule has 1 atom stereocenters. The first kappa shape index (κ1) is 11.0. The Morgan fingerprint density at radius 2 is 2.27 bits per heavy atom. The molecule has 0 saturated heterocycles. The summed E-state index contributed by atoms with van der Waals surface area (Å²) in [6, 6.07) is 6.56. The van der Waals surface area contributed by atoms with Crippen LogP contribution in [0, 0.1) is 0 Å². The number of nitrogens with one attached hydrogen (secondary N) is 1. The van der Waals surface area contributed by atoms with Crippen LogP contribution in [0.2, 0.25) is 0 Å². The molecule has 0 aromatic heterocycles. The molecule has 1 N–H and O–H groups in total. The van der Waals surface area contributed by atoms with Crippen molar-refractivity contribution >= 4 is 21.6 Å².